The number of alkyl halides is 1. The molecule has 6 atom stereocenters. The highest BCUT2D eigenvalue weighted by molar-refractivity contribution is 7.72. The molecule has 32 heavy (non-hydrogen) atoms. The number of phosphoric ester groups is 1. The molecular formula is C10H15F2N2O13P3S2. The lowest BCUT2D eigenvalue weighted by Crippen LogP contribution is -2.49. The Labute approximate surface area is 186 Å². The second-order valence-electron chi connectivity index (χ2n) is 6.13. The van der Waals surface area contributed by atoms with Crippen molar-refractivity contribution >= 4 is 47.9 Å². The molecule has 15 nitrogen and oxygen atoms in total. The first-order chi connectivity index (χ1) is 14.4. The van der Waals surface area contributed by atoms with E-state index in [1.54, 1.807) is 0 Å². The third kappa shape index (κ3) is 6.63. The molecule has 184 valence electrons. The summed E-state index contributed by atoms with van der Waals surface area (Å²) in [4.78, 5) is 37.7. The first-order valence-corrected chi connectivity index (χ1v) is 13.2. The molecule has 1 aliphatic rings. The molecule has 2 heterocycles. The molecule has 1 aromatic rings. The van der Waals surface area contributed by atoms with Crippen LogP contribution >= 0.6 is 47.9 Å². The number of nitrogens with zero attached hydrogens (tertiary/aromatic N) is 1. The number of phosphoric acid groups is 3. The molecule has 7 N–H and O–H groups in total. The van der Waals surface area contributed by atoms with E-state index in [0.717, 1.165) is 0 Å². The van der Waals surface area contributed by atoms with Gasteiger partial charge < -0.3 is 39.5 Å². The van der Waals surface area contributed by atoms with E-state index in [9.17, 15) is 37.6 Å². The zero-order chi connectivity index (χ0) is 24.7. The fraction of sp³-hybridized carbons (Fsp3) is 0.600. The van der Waals surface area contributed by atoms with Gasteiger partial charge in [-0.3, -0.25) is 9.09 Å². The monoisotopic (exact) mass is 566 g/mol. The van der Waals surface area contributed by atoms with Gasteiger partial charge in [0, 0.05) is 6.20 Å². The Morgan fingerprint density at radius 1 is 1.19 bits per heavy atom. The lowest BCUT2D eigenvalue weighted by Gasteiger charge is -2.29. The average molecular weight is 566 g/mol. The second-order valence-corrected chi connectivity index (χ2v) is 11.3. The zero-order valence-electron chi connectivity index (χ0n) is 15.1. The van der Waals surface area contributed by atoms with Gasteiger partial charge in [-0.2, -0.15) is 8.62 Å². The number of aromatic nitrogens is 2. The van der Waals surface area contributed by atoms with E-state index < -0.39 is 71.2 Å². The number of hydrogen-bond acceptors (Lipinski definition) is 11. The van der Waals surface area contributed by atoms with Crippen molar-refractivity contribution in [3.63, 3.8) is 0 Å². The number of hydrogen-bond donors (Lipinski definition) is 7. The first kappa shape index (κ1) is 27.9. The van der Waals surface area contributed by atoms with E-state index in [2.05, 4.69) is 30.3 Å². The molecule has 2 rings (SSSR count). The van der Waals surface area contributed by atoms with Crippen LogP contribution in [-0.4, -0.2) is 70.4 Å². The van der Waals surface area contributed by atoms with E-state index in [-0.39, 0.29) is 4.77 Å². The van der Waals surface area contributed by atoms with Gasteiger partial charge in [0.2, 0.25) is 0 Å². The smallest absolute Gasteiger partial charge is 0.387 e. The van der Waals surface area contributed by atoms with Crippen molar-refractivity contribution in [3.8, 4) is 0 Å². The van der Waals surface area contributed by atoms with Gasteiger partial charge in [0.1, 0.15) is 23.5 Å². The number of halogens is 2. The van der Waals surface area contributed by atoms with E-state index in [1.807, 2.05) is 0 Å². The highest BCUT2D eigenvalue weighted by Gasteiger charge is 2.57. The second kappa shape index (κ2) is 9.73. The molecule has 0 aromatic carbocycles. The van der Waals surface area contributed by atoms with E-state index in [4.69, 9.17) is 31.6 Å². The summed E-state index contributed by atoms with van der Waals surface area (Å²) in [5, 5.41) is 20.7. The van der Waals surface area contributed by atoms with Crippen molar-refractivity contribution in [3.05, 3.63) is 21.4 Å². The van der Waals surface area contributed by atoms with Crippen molar-refractivity contribution < 1.29 is 70.1 Å². The predicted molar refractivity (Wildman–Crippen MR) is 101 cm³/mol. The van der Waals surface area contributed by atoms with Crippen molar-refractivity contribution in [1.82, 2.24) is 9.55 Å². The Morgan fingerprint density at radius 2 is 1.78 bits per heavy atom. The van der Waals surface area contributed by atoms with Gasteiger partial charge in [-0.05, 0) is 12.2 Å². The van der Waals surface area contributed by atoms with Gasteiger partial charge in [-0.25, -0.2) is 22.5 Å². The summed E-state index contributed by atoms with van der Waals surface area (Å²) in [5.74, 6) is -1.05. The van der Waals surface area contributed by atoms with Crippen LogP contribution in [0.2, 0.25) is 0 Å². The average Bonchev–Trinajstić information content (AvgIpc) is 2.85. The third-order valence-electron chi connectivity index (χ3n) is 3.80. The van der Waals surface area contributed by atoms with Crippen molar-refractivity contribution in [2.24, 2.45) is 0 Å². The Kier molecular flexibility index (Phi) is 8.49. The Bertz CT molecular complexity index is 1130. The molecule has 22 heteroatoms. The molecule has 0 aliphatic carbocycles. The molecule has 1 fully saturated rings. The number of H-pyrrole nitrogens is 1. The molecule has 3 unspecified atom stereocenters. The Morgan fingerprint density at radius 3 is 2.31 bits per heavy atom. The predicted octanol–water partition coefficient (Wildman–Crippen LogP) is 0.716. The number of aliphatic hydroxyl groups is 2. The normalized spacial score (nSPS) is 30.1. The maximum atomic E-state index is 13.8. The molecule has 1 aliphatic heterocycles. The fourth-order valence-electron chi connectivity index (χ4n) is 2.51. The maximum Gasteiger partial charge on any atom is 0.490 e. The third-order valence-corrected chi connectivity index (χ3v) is 8.22. The van der Waals surface area contributed by atoms with Gasteiger partial charge in [0.15, 0.2) is 22.4 Å². The summed E-state index contributed by atoms with van der Waals surface area (Å²) in [6, 6.07) is 0. The van der Waals surface area contributed by atoms with Crippen LogP contribution in [0, 0.1) is 15.2 Å². The SMILES string of the molecule is O=P(O)(O)OP(=O)(O)OP(=O)(O)OC[C@H]1O[C@@H](n2cc(F)c(=S)[nH]c2=S)C(O)(CF)[C@H]1O. The van der Waals surface area contributed by atoms with Crippen LogP contribution in [0.3, 0.4) is 0 Å². The van der Waals surface area contributed by atoms with Crippen LogP contribution in [-0.2, 0) is 31.6 Å². The molecule has 1 saturated heterocycles. The van der Waals surface area contributed by atoms with Crippen LogP contribution in [0.15, 0.2) is 6.20 Å². The van der Waals surface area contributed by atoms with Crippen LogP contribution in [0.5, 0.6) is 0 Å². The van der Waals surface area contributed by atoms with Gasteiger partial charge in [-0.1, -0.05) is 12.2 Å². The first-order valence-electron chi connectivity index (χ1n) is 7.82. The van der Waals surface area contributed by atoms with Crippen LogP contribution in [0.1, 0.15) is 6.23 Å². The maximum absolute atomic E-state index is 13.8. The Hall–Kier alpha value is -0.330. The molecule has 0 saturated carbocycles. The minimum atomic E-state index is -5.81. The zero-order valence-corrected chi connectivity index (χ0v) is 19.4. The van der Waals surface area contributed by atoms with E-state index >= 15 is 0 Å². The minimum Gasteiger partial charge on any atom is -0.387 e. The van der Waals surface area contributed by atoms with Crippen molar-refractivity contribution in [2.75, 3.05) is 13.3 Å². The largest absolute Gasteiger partial charge is 0.490 e. The molecule has 0 spiro atoms. The molecule has 0 bridgehead atoms. The van der Waals surface area contributed by atoms with Gasteiger partial charge in [0.25, 0.3) is 0 Å². The lowest BCUT2D eigenvalue weighted by atomic mass is 9.95. The summed E-state index contributed by atoms with van der Waals surface area (Å²) >= 11 is 9.53. The summed E-state index contributed by atoms with van der Waals surface area (Å²) in [6.07, 6.45) is -5.26. The molecule has 0 amide bonds. The summed E-state index contributed by atoms with van der Waals surface area (Å²) in [5.41, 5.74) is -2.77. The van der Waals surface area contributed by atoms with Gasteiger partial charge in [0.05, 0.1) is 6.61 Å². The number of aromatic amines is 1. The van der Waals surface area contributed by atoms with E-state index in [1.165, 1.54) is 0 Å². The van der Waals surface area contributed by atoms with E-state index in [0.29, 0.717) is 10.8 Å². The number of nitrogens with one attached hydrogen (secondary N) is 1. The Balaban J connectivity index is 2.22. The number of aliphatic hydroxyl groups excluding tert-OH is 1. The number of rotatable bonds is 9. The van der Waals surface area contributed by atoms with Crippen molar-refractivity contribution in [2.45, 2.75) is 24.0 Å². The van der Waals surface area contributed by atoms with Gasteiger partial charge in [-0.15, -0.1) is 0 Å². The van der Waals surface area contributed by atoms with Crippen LogP contribution in [0.4, 0.5) is 8.78 Å². The summed E-state index contributed by atoms with van der Waals surface area (Å²) < 4.78 is 77.5. The van der Waals surface area contributed by atoms with Crippen LogP contribution < -0.4 is 0 Å². The molecule has 0 radical (unpaired) electrons. The molecular weight excluding hydrogens is 551 g/mol. The van der Waals surface area contributed by atoms with Crippen molar-refractivity contribution in [1.29, 1.82) is 0 Å². The molecule has 1 aromatic heterocycles. The highest BCUT2D eigenvalue weighted by atomic mass is 32.1. The topological polar surface area (TPSA) is 230 Å². The minimum absolute atomic E-state index is 0.353. The van der Waals surface area contributed by atoms with Gasteiger partial charge >= 0.3 is 23.5 Å². The fourth-order valence-corrected chi connectivity index (χ4v) is 6.01. The highest BCUT2D eigenvalue weighted by Crippen LogP contribution is 2.66. The quantitative estimate of drug-likeness (QED) is 0.161. The summed E-state index contributed by atoms with van der Waals surface area (Å²) in [7, 11) is -17.0. The standard InChI is InChI=1S/C10H15F2N2O13P3S2/c11-3-10(16)6(15)5(25-8(10)14-1-4(12)7(31)13-9(14)32)2-24-29(20,21)27-30(22,23)26-28(17,18)19/h1,5-6,8,15-16H,2-3H2,(H,20,21)(H,22,23)(H,13,31,32)(H2,17,18,19)/t5-,6+,8-,10?/m1/s1. The van der Waals surface area contributed by atoms with Crippen LogP contribution in [0.25, 0.3) is 0 Å². The lowest BCUT2D eigenvalue weighted by molar-refractivity contribution is -0.121. The summed E-state index contributed by atoms with van der Waals surface area (Å²) in [6.45, 7) is -2.88. The number of ether oxygens (including phenoxy) is 1.